The zero-order valence-electron chi connectivity index (χ0n) is 25.4. The molecule has 2 aromatic carbocycles. The summed E-state index contributed by atoms with van der Waals surface area (Å²) < 4.78 is 30.9. The van der Waals surface area contributed by atoms with Crippen LogP contribution in [0.2, 0.25) is 0 Å². The number of anilines is 3. The molecule has 1 aliphatic heterocycles. The molecule has 6 rings (SSSR count). The summed E-state index contributed by atoms with van der Waals surface area (Å²) in [4.78, 5) is 27.3. The van der Waals surface area contributed by atoms with Gasteiger partial charge in [-0.2, -0.15) is 5.10 Å². The molecule has 2 N–H and O–H groups in total. The van der Waals surface area contributed by atoms with Crippen molar-refractivity contribution in [2.45, 2.75) is 44.4 Å². The first-order valence-electron chi connectivity index (χ1n) is 14.5. The molecule has 1 unspecified atom stereocenters. The number of nitrogens with one attached hydrogen (secondary N) is 2. The SMILES string of the molecule is Cn1cc(Nc2nccc(-c3ccc4c(c3)N(S(=O)(=O)Cc3ccccc3)CCC4NC(=O)c3cnc(C(C)(C)C)s3)n2)cn1. The van der Waals surface area contributed by atoms with E-state index in [1.807, 2.05) is 49.6 Å². The number of hydrogen-bond donors (Lipinski definition) is 2. The molecule has 1 aliphatic rings. The van der Waals surface area contributed by atoms with Crippen molar-refractivity contribution in [1.29, 1.82) is 0 Å². The zero-order valence-corrected chi connectivity index (χ0v) is 27.1. The van der Waals surface area contributed by atoms with Gasteiger partial charge in [0.05, 0.1) is 46.3 Å². The number of aromatic nitrogens is 5. The van der Waals surface area contributed by atoms with Gasteiger partial charge in [0.25, 0.3) is 5.91 Å². The van der Waals surface area contributed by atoms with E-state index in [9.17, 15) is 13.2 Å². The van der Waals surface area contributed by atoms with Gasteiger partial charge in [-0.1, -0.05) is 63.2 Å². The number of rotatable bonds is 8. The van der Waals surface area contributed by atoms with Crippen LogP contribution in [0, 0.1) is 0 Å². The average Bonchev–Trinajstić information content (AvgIpc) is 3.67. The number of benzene rings is 2. The maximum Gasteiger partial charge on any atom is 0.263 e. The van der Waals surface area contributed by atoms with E-state index in [0.717, 1.165) is 21.8 Å². The van der Waals surface area contributed by atoms with Crippen molar-refractivity contribution in [2.75, 3.05) is 16.2 Å². The number of carbonyl (C=O) groups excluding carboxylic acids is 1. The van der Waals surface area contributed by atoms with Crippen molar-refractivity contribution in [3.63, 3.8) is 0 Å². The molecular weight excluding hydrogens is 609 g/mol. The lowest BCUT2D eigenvalue weighted by Crippen LogP contribution is -2.41. The highest BCUT2D eigenvalue weighted by Gasteiger charge is 2.34. The molecule has 13 heteroatoms. The predicted octanol–water partition coefficient (Wildman–Crippen LogP) is 5.59. The standard InChI is InChI=1S/C32H34N8O3S2/c1-32(2,3)30-34-18-28(44-30)29(41)37-26-13-15-40(45(42,43)20-21-8-6-5-7-9-21)27-16-22(10-11-24(26)27)25-12-14-33-31(38-25)36-23-17-35-39(4)19-23/h5-12,14,16-19,26H,13,15,20H2,1-4H3,(H,37,41)(H,33,36,38). The quantitative estimate of drug-likeness (QED) is 0.224. The van der Waals surface area contributed by atoms with Crippen LogP contribution in [0.5, 0.6) is 0 Å². The lowest BCUT2D eigenvalue weighted by Gasteiger charge is -2.35. The van der Waals surface area contributed by atoms with Gasteiger partial charge >= 0.3 is 0 Å². The minimum atomic E-state index is -3.75. The first-order valence-corrected chi connectivity index (χ1v) is 16.9. The largest absolute Gasteiger partial charge is 0.344 e. The second-order valence-electron chi connectivity index (χ2n) is 12.0. The van der Waals surface area contributed by atoms with E-state index in [4.69, 9.17) is 0 Å². The highest BCUT2D eigenvalue weighted by Crippen LogP contribution is 2.39. The van der Waals surface area contributed by atoms with Crippen molar-refractivity contribution in [3.8, 4) is 11.3 Å². The Balaban J connectivity index is 1.34. The first-order chi connectivity index (χ1) is 21.5. The second-order valence-corrected chi connectivity index (χ2v) is 14.9. The second kappa shape index (κ2) is 12.1. The minimum Gasteiger partial charge on any atom is -0.344 e. The van der Waals surface area contributed by atoms with Crippen molar-refractivity contribution in [2.24, 2.45) is 7.05 Å². The predicted molar refractivity (Wildman–Crippen MR) is 176 cm³/mol. The van der Waals surface area contributed by atoms with Crippen LogP contribution in [-0.2, 0) is 28.2 Å². The highest BCUT2D eigenvalue weighted by atomic mass is 32.2. The summed E-state index contributed by atoms with van der Waals surface area (Å²) in [7, 11) is -1.93. The van der Waals surface area contributed by atoms with Crippen molar-refractivity contribution in [1.82, 2.24) is 30.0 Å². The van der Waals surface area contributed by atoms with E-state index in [1.54, 1.807) is 41.5 Å². The number of nitrogens with zero attached hydrogens (tertiary/aromatic N) is 6. The molecule has 0 spiro atoms. The van der Waals surface area contributed by atoms with Gasteiger partial charge in [0.15, 0.2) is 0 Å². The molecule has 0 saturated carbocycles. The van der Waals surface area contributed by atoms with Crippen LogP contribution in [0.15, 0.2) is 79.4 Å². The zero-order chi connectivity index (χ0) is 31.8. The van der Waals surface area contributed by atoms with Crippen LogP contribution in [0.3, 0.4) is 0 Å². The number of thiazole rings is 1. The summed E-state index contributed by atoms with van der Waals surface area (Å²) in [6, 6.07) is 16.1. The third-order valence-electron chi connectivity index (χ3n) is 7.41. The average molecular weight is 643 g/mol. The fourth-order valence-electron chi connectivity index (χ4n) is 5.19. The van der Waals surface area contributed by atoms with E-state index in [1.165, 1.54) is 15.6 Å². The number of fused-ring (bicyclic) bond motifs is 1. The molecule has 0 bridgehead atoms. The van der Waals surface area contributed by atoms with Gasteiger partial charge < -0.3 is 10.6 Å². The van der Waals surface area contributed by atoms with Gasteiger partial charge in [-0.05, 0) is 29.7 Å². The summed E-state index contributed by atoms with van der Waals surface area (Å²) in [5.74, 6) is 0.0131. The maximum atomic E-state index is 13.9. The Morgan fingerprint density at radius 1 is 1.07 bits per heavy atom. The Labute approximate surface area is 266 Å². The number of hydrogen-bond acceptors (Lipinski definition) is 9. The lowest BCUT2D eigenvalue weighted by atomic mass is 9.95. The molecular formula is C32H34N8O3S2. The molecule has 0 radical (unpaired) electrons. The van der Waals surface area contributed by atoms with Gasteiger partial charge in [0.1, 0.15) is 4.88 Å². The minimum absolute atomic E-state index is 0.141. The monoisotopic (exact) mass is 642 g/mol. The van der Waals surface area contributed by atoms with Crippen molar-refractivity contribution >= 4 is 44.6 Å². The molecule has 0 saturated heterocycles. The lowest BCUT2D eigenvalue weighted by molar-refractivity contribution is 0.0938. The Bertz CT molecular complexity index is 1950. The van der Waals surface area contributed by atoms with Gasteiger partial charge in [-0.15, -0.1) is 11.3 Å². The molecule has 11 nitrogen and oxygen atoms in total. The van der Waals surface area contributed by atoms with Crippen LogP contribution < -0.4 is 14.9 Å². The van der Waals surface area contributed by atoms with E-state index < -0.39 is 16.1 Å². The molecule has 45 heavy (non-hydrogen) atoms. The normalized spacial score (nSPS) is 15.0. The van der Waals surface area contributed by atoms with Gasteiger partial charge in [-0.3, -0.25) is 13.8 Å². The van der Waals surface area contributed by atoms with Crippen LogP contribution in [-0.4, -0.2) is 45.6 Å². The number of sulfonamides is 1. The van der Waals surface area contributed by atoms with Crippen LogP contribution >= 0.6 is 11.3 Å². The fourth-order valence-corrected chi connectivity index (χ4v) is 7.68. The molecule has 0 fully saturated rings. The molecule has 1 atom stereocenters. The van der Waals surface area contributed by atoms with E-state index in [2.05, 4.69) is 51.5 Å². The van der Waals surface area contributed by atoms with E-state index in [-0.39, 0.29) is 23.6 Å². The van der Waals surface area contributed by atoms with Crippen LogP contribution in [0.4, 0.5) is 17.3 Å². The van der Waals surface area contributed by atoms with Crippen LogP contribution in [0.1, 0.15) is 59.0 Å². The Hall–Kier alpha value is -4.62. The van der Waals surface area contributed by atoms with Crippen LogP contribution in [0.25, 0.3) is 11.3 Å². The molecule has 4 heterocycles. The highest BCUT2D eigenvalue weighted by molar-refractivity contribution is 7.92. The van der Waals surface area contributed by atoms with E-state index >= 15 is 0 Å². The molecule has 1 amide bonds. The van der Waals surface area contributed by atoms with Crippen molar-refractivity contribution < 1.29 is 13.2 Å². The summed E-state index contributed by atoms with van der Waals surface area (Å²) in [6.07, 6.45) is 7.17. The first kappa shape index (κ1) is 30.4. The topological polar surface area (TPSA) is 135 Å². The molecule has 0 aliphatic carbocycles. The van der Waals surface area contributed by atoms with Gasteiger partial charge in [-0.25, -0.2) is 23.4 Å². The van der Waals surface area contributed by atoms with Gasteiger partial charge in [0.2, 0.25) is 16.0 Å². The third-order valence-corrected chi connectivity index (χ3v) is 10.6. The molecule has 3 aromatic heterocycles. The number of aryl methyl sites for hydroxylation is 1. The third kappa shape index (κ3) is 6.74. The number of amides is 1. The maximum absolute atomic E-state index is 13.9. The summed E-state index contributed by atoms with van der Waals surface area (Å²) in [5, 5.41) is 11.3. The van der Waals surface area contributed by atoms with Crippen molar-refractivity contribution in [3.05, 3.63) is 100 Å². The Morgan fingerprint density at radius 3 is 2.58 bits per heavy atom. The Kier molecular flexibility index (Phi) is 8.14. The van der Waals surface area contributed by atoms with E-state index in [0.29, 0.717) is 34.2 Å². The fraction of sp³-hybridized carbons (Fsp3) is 0.281. The Morgan fingerprint density at radius 2 is 1.87 bits per heavy atom. The smallest absolute Gasteiger partial charge is 0.263 e. The summed E-state index contributed by atoms with van der Waals surface area (Å²) >= 11 is 1.37. The summed E-state index contributed by atoms with van der Waals surface area (Å²) in [5.41, 5.74) is 3.84. The number of carbonyl (C=O) groups is 1. The van der Waals surface area contributed by atoms with Gasteiger partial charge in [0, 0.05) is 37.0 Å². The summed E-state index contributed by atoms with van der Waals surface area (Å²) in [6.45, 7) is 6.39. The molecule has 232 valence electrons. The molecule has 5 aromatic rings.